The molecule has 2 aromatic rings. The van der Waals surface area contributed by atoms with Crippen LogP contribution in [-0.2, 0) is 0 Å². The van der Waals surface area contributed by atoms with Gasteiger partial charge in [0.15, 0.2) is 0 Å². The maximum atomic E-state index is 12.0. The Morgan fingerprint density at radius 1 is 1.00 bits per heavy atom. The molecule has 0 atom stereocenters. The molecule has 0 aliphatic rings. The van der Waals surface area contributed by atoms with Crippen molar-refractivity contribution in [2.45, 2.75) is 0 Å². The first-order chi connectivity index (χ1) is 9.06. The van der Waals surface area contributed by atoms with Crippen LogP contribution in [0.4, 0.5) is 5.69 Å². The van der Waals surface area contributed by atoms with E-state index in [4.69, 9.17) is 22.7 Å². The molecule has 0 unspecified atom stereocenters. The number of amidine groups is 1. The van der Waals surface area contributed by atoms with Crippen LogP contribution in [0.1, 0.15) is 15.9 Å². The second-order valence-electron chi connectivity index (χ2n) is 3.95. The Bertz CT molecular complexity index is 606. The van der Waals surface area contributed by atoms with E-state index in [0.29, 0.717) is 21.8 Å². The minimum Gasteiger partial charge on any atom is -0.384 e. The molecule has 0 bridgehead atoms. The van der Waals surface area contributed by atoms with E-state index in [0.717, 1.165) is 0 Å². The quantitative estimate of drug-likeness (QED) is 0.594. The van der Waals surface area contributed by atoms with Gasteiger partial charge in [0.1, 0.15) is 5.84 Å². The monoisotopic (exact) mass is 273 g/mol. The molecule has 1 amide bonds. The number of benzene rings is 2. The van der Waals surface area contributed by atoms with E-state index in [9.17, 15) is 4.79 Å². The smallest absolute Gasteiger partial charge is 0.255 e. The number of carbonyl (C=O) groups is 1. The standard InChI is InChI=1S/C14H12ClN3O/c15-11-5-7-12(8-6-11)18-14(19)10-3-1-9(2-4-10)13(16)17/h1-8H,(H3,16,17)(H,18,19). The molecule has 0 fully saturated rings. The highest BCUT2D eigenvalue weighted by Crippen LogP contribution is 2.14. The van der Waals surface area contributed by atoms with Crippen LogP contribution in [0.2, 0.25) is 5.02 Å². The van der Waals surface area contributed by atoms with E-state index in [2.05, 4.69) is 5.32 Å². The van der Waals surface area contributed by atoms with Crippen LogP contribution in [0, 0.1) is 5.41 Å². The maximum Gasteiger partial charge on any atom is 0.255 e. The number of nitrogen functional groups attached to an aromatic ring is 1. The Kier molecular flexibility index (Phi) is 3.82. The Morgan fingerprint density at radius 3 is 2.05 bits per heavy atom. The summed E-state index contributed by atoms with van der Waals surface area (Å²) in [7, 11) is 0. The number of halogens is 1. The second-order valence-corrected chi connectivity index (χ2v) is 4.39. The number of amides is 1. The minimum absolute atomic E-state index is 0.0235. The topological polar surface area (TPSA) is 79.0 Å². The first-order valence-corrected chi connectivity index (χ1v) is 5.95. The molecule has 0 aliphatic heterocycles. The van der Waals surface area contributed by atoms with Gasteiger partial charge in [-0.25, -0.2) is 0 Å². The summed E-state index contributed by atoms with van der Waals surface area (Å²) in [5.41, 5.74) is 7.11. The fourth-order valence-corrected chi connectivity index (χ4v) is 1.66. The first-order valence-electron chi connectivity index (χ1n) is 5.57. The van der Waals surface area contributed by atoms with Crippen molar-refractivity contribution in [3.05, 3.63) is 64.7 Å². The molecule has 0 spiro atoms. The van der Waals surface area contributed by atoms with Gasteiger partial charge in [0.05, 0.1) is 0 Å². The largest absolute Gasteiger partial charge is 0.384 e. The molecule has 4 N–H and O–H groups in total. The summed E-state index contributed by atoms with van der Waals surface area (Å²) in [6.07, 6.45) is 0. The van der Waals surface area contributed by atoms with Crippen molar-refractivity contribution in [2.24, 2.45) is 5.73 Å². The van der Waals surface area contributed by atoms with Crippen molar-refractivity contribution in [1.29, 1.82) is 5.41 Å². The van der Waals surface area contributed by atoms with Gasteiger partial charge in [0.2, 0.25) is 0 Å². The van der Waals surface area contributed by atoms with E-state index < -0.39 is 0 Å². The fraction of sp³-hybridized carbons (Fsp3) is 0. The lowest BCUT2D eigenvalue weighted by molar-refractivity contribution is 0.102. The van der Waals surface area contributed by atoms with Gasteiger partial charge in [-0.05, 0) is 36.4 Å². The average Bonchev–Trinajstić information content (AvgIpc) is 2.41. The number of anilines is 1. The van der Waals surface area contributed by atoms with Crippen LogP contribution >= 0.6 is 11.6 Å². The summed E-state index contributed by atoms with van der Waals surface area (Å²) in [6, 6.07) is 13.4. The zero-order chi connectivity index (χ0) is 13.8. The maximum absolute atomic E-state index is 12.0. The SMILES string of the molecule is N=C(N)c1ccc(C(=O)Nc2ccc(Cl)cc2)cc1. The van der Waals surface area contributed by atoms with Gasteiger partial charge in [0.25, 0.3) is 5.91 Å². The summed E-state index contributed by atoms with van der Waals surface area (Å²) in [6.45, 7) is 0. The molecule has 19 heavy (non-hydrogen) atoms. The summed E-state index contributed by atoms with van der Waals surface area (Å²) in [4.78, 5) is 12.0. The molecule has 0 radical (unpaired) electrons. The molecule has 96 valence electrons. The Balaban J connectivity index is 2.11. The summed E-state index contributed by atoms with van der Waals surface area (Å²) in [5.74, 6) is -0.248. The summed E-state index contributed by atoms with van der Waals surface area (Å²) < 4.78 is 0. The van der Waals surface area contributed by atoms with E-state index in [1.165, 1.54) is 0 Å². The van der Waals surface area contributed by atoms with Crippen molar-refractivity contribution < 1.29 is 4.79 Å². The van der Waals surface area contributed by atoms with Gasteiger partial charge in [0, 0.05) is 21.8 Å². The van der Waals surface area contributed by atoms with Gasteiger partial charge >= 0.3 is 0 Å². The molecular weight excluding hydrogens is 262 g/mol. The van der Waals surface area contributed by atoms with Crippen molar-refractivity contribution in [1.82, 2.24) is 0 Å². The van der Waals surface area contributed by atoms with Crippen molar-refractivity contribution in [2.75, 3.05) is 5.32 Å². The Morgan fingerprint density at radius 2 is 1.53 bits per heavy atom. The zero-order valence-electron chi connectivity index (χ0n) is 9.98. The number of carbonyl (C=O) groups excluding carboxylic acids is 1. The lowest BCUT2D eigenvalue weighted by atomic mass is 10.1. The van der Waals surface area contributed by atoms with Crippen LogP contribution in [0.15, 0.2) is 48.5 Å². The third-order valence-corrected chi connectivity index (χ3v) is 2.81. The molecule has 5 heteroatoms. The Labute approximate surface area is 115 Å². The number of nitrogens with one attached hydrogen (secondary N) is 2. The fourth-order valence-electron chi connectivity index (χ4n) is 1.54. The third kappa shape index (κ3) is 3.33. The van der Waals surface area contributed by atoms with E-state index in [1.807, 2.05) is 0 Å². The summed E-state index contributed by atoms with van der Waals surface area (Å²) >= 11 is 5.77. The van der Waals surface area contributed by atoms with E-state index in [-0.39, 0.29) is 11.7 Å². The molecule has 4 nitrogen and oxygen atoms in total. The zero-order valence-corrected chi connectivity index (χ0v) is 10.7. The molecule has 0 aromatic heterocycles. The third-order valence-electron chi connectivity index (χ3n) is 2.56. The van der Waals surface area contributed by atoms with Crippen molar-refractivity contribution in [3.8, 4) is 0 Å². The van der Waals surface area contributed by atoms with Gasteiger partial charge < -0.3 is 11.1 Å². The van der Waals surface area contributed by atoms with Gasteiger partial charge in [-0.3, -0.25) is 10.2 Å². The lowest BCUT2D eigenvalue weighted by Crippen LogP contribution is -2.14. The number of rotatable bonds is 3. The molecule has 0 saturated carbocycles. The van der Waals surface area contributed by atoms with E-state index >= 15 is 0 Å². The molecule has 0 saturated heterocycles. The highest BCUT2D eigenvalue weighted by atomic mass is 35.5. The number of hydrogen-bond acceptors (Lipinski definition) is 2. The molecule has 2 rings (SSSR count). The predicted molar refractivity (Wildman–Crippen MR) is 76.9 cm³/mol. The van der Waals surface area contributed by atoms with Crippen LogP contribution in [0.3, 0.4) is 0 Å². The molecule has 0 aliphatic carbocycles. The van der Waals surface area contributed by atoms with Gasteiger partial charge in [-0.15, -0.1) is 0 Å². The van der Waals surface area contributed by atoms with Crippen LogP contribution < -0.4 is 11.1 Å². The molecule has 2 aromatic carbocycles. The first kappa shape index (κ1) is 13.1. The Hall–Kier alpha value is -2.33. The second kappa shape index (κ2) is 5.54. The number of hydrogen-bond donors (Lipinski definition) is 3. The van der Waals surface area contributed by atoms with Crippen molar-refractivity contribution in [3.63, 3.8) is 0 Å². The molecular formula is C14H12ClN3O. The number of nitrogens with two attached hydrogens (primary N) is 1. The average molecular weight is 274 g/mol. The van der Waals surface area contributed by atoms with Crippen LogP contribution in [-0.4, -0.2) is 11.7 Å². The van der Waals surface area contributed by atoms with Crippen LogP contribution in [0.5, 0.6) is 0 Å². The highest BCUT2D eigenvalue weighted by Gasteiger charge is 2.06. The molecule has 0 heterocycles. The summed E-state index contributed by atoms with van der Waals surface area (Å²) in [5, 5.41) is 10.6. The van der Waals surface area contributed by atoms with Gasteiger partial charge in [-0.1, -0.05) is 23.7 Å². The lowest BCUT2D eigenvalue weighted by Gasteiger charge is -2.06. The van der Waals surface area contributed by atoms with E-state index in [1.54, 1.807) is 48.5 Å². The van der Waals surface area contributed by atoms with Crippen LogP contribution in [0.25, 0.3) is 0 Å². The predicted octanol–water partition coefficient (Wildman–Crippen LogP) is 2.88. The minimum atomic E-state index is -0.225. The van der Waals surface area contributed by atoms with Gasteiger partial charge in [-0.2, -0.15) is 0 Å². The normalized spacial score (nSPS) is 9.95. The highest BCUT2D eigenvalue weighted by molar-refractivity contribution is 6.30. The van der Waals surface area contributed by atoms with Crippen molar-refractivity contribution >= 4 is 29.0 Å².